The highest BCUT2D eigenvalue weighted by Gasteiger charge is 2.30. The van der Waals surface area contributed by atoms with Crippen molar-refractivity contribution in [1.82, 2.24) is 4.72 Å². The molecule has 1 amide bonds. The minimum Gasteiger partial charge on any atom is -0.492 e. The Morgan fingerprint density at radius 3 is 2.48 bits per heavy atom. The van der Waals surface area contributed by atoms with Gasteiger partial charge in [-0.1, -0.05) is 17.7 Å². The number of benzene rings is 2. The Morgan fingerprint density at radius 1 is 1.19 bits per heavy atom. The van der Waals surface area contributed by atoms with Crippen LogP contribution >= 0.6 is 11.6 Å². The molecular weight excluding hydrogens is 452 g/mol. The van der Waals surface area contributed by atoms with Gasteiger partial charge in [-0.05, 0) is 48.1 Å². The van der Waals surface area contributed by atoms with Gasteiger partial charge in [0.15, 0.2) is 0 Å². The van der Waals surface area contributed by atoms with E-state index in [1.807, 2.05) is 0 Å². The third kappa shape index (κ3) is 6.15. The molecule has 1 saturated carbocycles. The third-order valence-electron chi connectivity index (χ3n) is 4.86. The van der Waals surface area contributed by atoms with Crippen molar-refractivity contribution in [3.8, 4) is 5.75 Å². The number of carbonyl (C=O) groups excluding carboxylic acids is 1. The fourth-order valence-corrected chi connectivity index (χ4v) is 3.84. The monoisotopic (exact) mass is 473 g/mol. The minimum absolute atomic E-state index is 0.0236. The van der Waals surface area contributed by atoms with Crippen molar-refractivity contribution >= 4 is 27.5 Å². The highest BCUT2D eigenvalue weighted by atomic mass is 35.5. The molecule has 0 radical (unpaired) electrons. The van der Waals surface area contributed by atoms with E-state index in [1.165, 1.54) is 25.3 Å². The maximum atomic E-state index is 14.6. The summed E-state index contributed by atoms with van der Waals surface area (Å²) < 4.78 is 63.6. The number of hydrogen-bond acceptors (Lipinski definition) is 5. The molecule has 1 N–H and O–H groups in total. The van der Waals surface area contributed by atoms with Gasteiger partial charge in [-0.3, -0.25) is 4.79 Å². The Hall–Kier alpha value is -2.23. The molecule has 10 heteroatoms. The number of ether oxygens (including phenoxy) is 2. The van der Waals surface area contributed by atoms with Crippen LogP contribution in [-0.4, -0.2) is 40.9 Å². The number of amides is 1. The first kappa shape index (κ1) is 23.4. The second-order valence-corrected chi connectivity index (χ2v) is 9.64. The van der Waals surface area contributed by atoms with E-state index in [4.69, 9.17) is 21.1 Å². The fourth-order valence-electron chi connectivity index (χ4n) is 3.21. The summed E-state index contributed by atoms with van der Waals surface area (Å²) in [5.74, 6) is -2.40. The Labute approximate surface area is 184 Å². The molecule has 0 saturated heterocycles. The van der Waals surface area contributed by atoms with E-state index in [9.17, 15) is 22.0 Å². The first-order valence-electron chi connectivity index (χ1n) is 9.51. The van der Waals surface area contributed by atoms with Crippen LogP contribution in [0.15, 0.2) is 30.3 Å². The van der Waals surface area contributed by atoms with Crippen molar-refractivity contribution in [3.05, 3.63) is 63.7 Å². The van der Waals surface area contributed by atoms with Gasteiger partial charge in [0.2, 0.25) is 10.0 Å². The lowest BCUT2D eigenvalue weighted by atomic mass is 10.0. The molecule has 1 unspecified atom stereocenters. The predicted molar refractivity (Wildman–Crippen MR) is 112 cm³/mol. The van der Waals surface area contributed by atoms with Crippen molar-refractivity contribution in [2.75, 3.05) is 26.6 Å². The summed E-state index contributed by atoms with van der Waals surface area (Å²) in [6.07, 6.45) is 2.52. The normalized spacial score (nSPS) is 14.9. The highest BCUT2D eigenvalue weighted by molar-refractivity contribution is 7.89. The zero-order chi connectivity index (χ0) is 22.8. The second kappa shape index (κ2) is 9.50. The van der Waals surface area contributed by atoms with Crippen LogP contribution in [0.3, 0.4) is 0 Å². The van der Waals surface area contributed by atoms with Crippen LogP contribution in [0.2, 0.25) is 5.02 Å². The van der Waals surface area contributed by atoms with E-state index >= 15 is 0 Å². The third-order valence-corrected chi connectivity index (χ3v) is 5.71. The van der Waals surface area contributed by atoms with E-state index in [-0.39, 0.29) is 41.4 Å². The Balaban J connectivity index is 1.85. The lowest BCUT2D eigenvalue weighted by molar-refractivity contribution is 0.0977. The maximum absolute atomic E-state index is 14.6. The Bertz CT molecular complexity index is 1090. The van der Waals surface area contributed by atoms with Crippen LogP contribution in [0.1, 0.15) is 46.2 Å². The highest BCUT2D eigenvalue weighted by Crippen LogP contribution is 2.45. The van der Waals surface area contributed by atoms with Gasteiger partial charge >= 0.3 is 0 Å². The van der Waals surface area contributed by atoms with Gasteiger partial charge in [-0.15, -0.1) is 0 Å². The van der Waals surface area contributed by atoms with Crippen LogP contribution < -0.4 is 9.46 Å². The number of methoxy groups -OCH3 is 1. The zero-order valence-corrected chi connectivity index (χ0v) is 18.5. The number of halogens is 3. The average Bonchev–Trinajstić information content (AvgIpc) is 3.51. The molecule has 1 atom stereocenters. The second-order valence-electron chi connectivity index (χ2n) is 7.48. The number of nitrogens with one attached hydrogen (secondary N) is 1. The van der Waals surface area contributed by atoms with Gasteiger partial charge in [-0.2, -0.15) is 0 Å². The summed E-state index contributed by atoms with van der Waals surface area (Å²) in [5.41, 5.74) is 0.970. The molecule has 0 bridgehead atoms. The SMILES string of the molecule is COCC(COc1cc(F)c(C(=O)NS(C)(=O)=O)cc1C1CC1)c1ccc(F)c(Cl)c1. The quantitative estimate of drug-likeness (QED) is 0.595. The van der Waals surface area contributed by atoms with Crippen molar-refractivity contribution < 1.29 is 31.5 Å². The lowest BCUT2D eigenvalue weighted by Gasteiger charge is -2.20. The molecule has 1 fully saturated rings. The molecule has 2 aromatic carbocycles. The lowest BCUT2D eigenvalue weighted by Crippen LogP contribution is -2.30. The van der Waals surface area contributed by atoms with Crippen molar-refractivity contribution in [3.63, 3.8) is 0 Å². The molecule has 0 spiro atoms. The van der Waals surface area contributed by atoms with Gasteiger partial charge in [0, 0.05) is 19.1 Å². The summed E-state index contributed by atoms with van der Waals surface area (Å²) in [7, 11) is -2.31. The summed E-state index contributed by atoms with van der Waals surface area (Å²) >= 11 is 5.88. The fraction of sp³-hybridized carbons (Fsp3) is 0.381. The molecule has 31 heavy (non-hydrogen) atoms. The first-order chi connectivity index (χ1) is 14.6. The van der Waals surface area contributed by atoms with E-state index in [2.05, 4.69) is 0 Å². The van der Waals surface area contributed by atoms with Gasteiger partial charge in [-0.25, -0.2) is 21.9 Å². The number of carbonyl (C=O) groups is 1. The Kier molecular flexibility index (Phi) is 7.18. The summed E-state index contributed by atoms with van der Waals surface area (Å²) in [4.78, 5) is 12.2. The van der Waals surface area contributed by atoms with Crippen LogP contribution in [-0.2, 0) is 14.8 Å². The number of hydrogen-bond donors (Lipinski definition) is 1. The number of rotatable bonds is 9. The molecule has 6 nitrogen and oxygen atoms in total. The molecule has 1 aliphatic rings. The molecule has 168 valence electrons. The molecule has 0 heterocycles. The maximum Gasteiger partial charge on any atom is 0.267 e. The molecule has 1 aliphatic carbocycles. The van der Waals surface area contributed by atoms with Crippen LogP contribution in [0.25, 0.3) is 0 Å². The standard InChI is InChI=1S/C21H22ClF2NO5S/c1-29-10-14(13-5-6-18(23)17(22)7-13)11-30-20-9-19(24)16(8-15(20)12-3-4-12)21(26)25-31(2,27)28/h5-9,12,14H,3-4,10-11H2,1-2H3,(H,25,26). The van der Waals surface area contributed by atoms with Gasteiger partial charge in [0.25, 0.3) is 5.91 Å². The Morgan fingerprint density at radius 2 is 1.90 bits per heavy atom. The van der Waals surface area contributed by atoms with E-state index < -0.39 is 27.6 Å². The van der Waals surface area contributed by atoms with E-state index in [1.54, 1.807) is 10.8 Å². The van der Waals surface area contributed by atoms with Gasteiger partial charge < -0.3 is 9.47 Å². The van der Waals surface area contributed by atoms with Gasteiger partial charge in [0.1, 0.15) is 17.4 Å². The minimum atomic E-state index is -3.83. The number of sulfonamides is 1. The van der Waals surface area contributed by atoms with Crippen molar-refractivity contribution in [2.45, 2.75) is 24.7 Å². The van der Waals surface area contributed by atoms with Crippen LogP contribution in [0.4, 0.5) is 8.78 Å². The zero-order valence-electron chi connectivity index (χ0n) is 17.0. The molecule has 0 aromatic heterocycles. The smallest absolute Gasteiger partial charge is 0.267 e. The molecule has 3 rings (SSSR count). The summed E-state index contributed by atoms with van der Waals surface area (Å²) in [6.45, 7) is 0.363. The largest absolute Gasteiger partial charge is 0.492 e. The van der Waals surface area contributed by atoms with Crippen LogP contribution in [0.5, 0.6) is 5.75 Å². The van der Waals surface area contributed by atoms with Crippen LogP contribution in [0, 0.1) is 11.6 Å². The van der Waals surface area contributed by atoms with Gasteiger partial charge in [0.05, 0.1) is 30.1 Å². The summed E-state index contributed by atoms with van der Waals surface area (Å²) in [6, 6.07) is 6.75. The van der Waals surface area contributed by atoms with E-state index in [0.717, 1.165) is 25.2 Å². The molecule has 2 aromatic rings. The van der Waals surface area contributed by atoms with Crippen molar-refractivity contribution in [1.29, 1.82) is 0 Å². The topological polar surface area (TPSA) is 81.7 Å². The predicted octanol–water partition coefficient (Wildman–Crippen LogP) is 3.99. The van der Waals surface area contributed by atoms with Crippen molar-refractivity contribution in [2.24, 2.45) is 0 Å². The molecular formula is C21H22ClF2NO5S. The first-order valence-corrected chi connectivity index (χ1v) is 11.8. The summed E-state index contributed by atoms with van der Waals surface area (Å²) in [5, 5.41) is -0.0236. The van der Waals surface area contributed by atoms with E-state index in [0.29, 0.717) is 11.1 Å². The molecule has 0 aliphatic heterocycles. The average molecular weight is 474 g/mol.